The number of halogens is 1. The van der Waals surface area contributed by atoms with E-state index in [1.165, 1.54) is 0 Å². The number of hydrogen-bond donors (Lipinski definition) is 0. The zero-order chi connectivity index (χ0) is 11.7. The van der Waals surface area contributed by atoms with Crippen LogP contribution in [0.1, 0.15) is 44.6 Å². The highest BCUT2D eigenvalue weighted by molar-refractivity contribution is 6.31. The van der Waals surface area contributed by atoms with E-state index >= 15 is 0 Å². The first-order chi connectivity index (χ1) is 7.25. The van der Waals surface area contributed by atoms with Gasteiger partial charge in [0.15, 0.2) is 5.78 Å². The summed E-state index contributed by atoms with van der Waals surface area (Å²) in [6.07, 6.45) is 1.41. The van der Waals surface area contributed by atoms with E-state index in [-0.39, 0.29) is 5.78 Å². The van der Waals surface area contributed by atoms with Crippen LogP contribution in [0.4, 0.5) is 0 Å². The van der Waals surface area contributed by atoms with E-state index in [0.717, 1.165) is 12.0 Å². The Morgan fingerprint density at radius 1 is 1.27 bits per heavy atom. The van der Waals surface area contributed by atoms with Crippen molar-refractivity contribution in [2.45, 2.75) is 39.0 Å². The zero-order valence-electron chi connectivity index (χ0n) is 9.66. The van der Waals surface area contributed by atoms with E-state index < -0.39 is 5.38 Å². The van der Waals surface area contributed by atoms with Gasteiger partial charge in [0, 0.05) is 6.42 Å². The molecule has 15 heavy (non-hydrogen) atoms. The summed E-state index contributed by atoms with van der Waals surface area (Å²) >= 11 is 5.99. The number of alkyl halides is 1. The molecule has 84 valence electrons. The highest BCUT2D eigenvalue weighted by Gasteiger charge is 2.15. The fourth-order valence-electron chi connectivity index (χ4n) is 1.18. The van der Waals surface area contributed by atoms with Crippen LogP contribution < -0.4 is 0 Å². The van der Waals surface area contributed by atoms with Crippen LogP contribution in [0.5, 0.6) is 0 Å². The van der Waals surface area contributed by atoms with Crippen LogP contribution in [0.3, 0.4) is 0 Å². The molecule has 1 atom stereocenters. The van der Waals surface area contributed by atoms with E-state index in [0.29, 0.717) is 6.42 Å². The van der Waals surface area contributed by atoms with Crippen molar-refractivity contribution in [1.29, 1.82) is 0 Å². The molecule has 0 spiro atoms. The van der Waals surface area contributed by atoms with Crippen molar-refractivity contribution >= 4 is 17.4 Å². The predicted molar refractivity (Wildman–Crippen MR) is 66.3 cm³/mol. The SMILES string of the molecule is CC.CCCC(=O)C(Cl)c1ccccc1. The Morgan fingerprint density at radius 3 is 2.27 bits per heavy atom. The molecule has 1 unspecified atom stereocenters. The van der Waals surface area contributed by atoms with Crippen LogP contribution >= 0.6 is 11.6 Å². The number of ketones is 1. The molecule has 0 aromatic heterocycles. The molecule has 0 amide bonds. The molecular weight excluding hydrogens is 208 g/mol. The monoisotopic (exact) mass is 226 g/mol. The smallest absolute Gasteiger partial charge is 0.155 e. The van der Waals surface area contributed by atoms with Gasteiger partial charge >= 0.3 is 0 Å². The lowest BCUT2D eigenvalue weighted by Crippen LogP contribution is -2.05. The van der Waals surface area contributed by atoms with E-state index in [9.17, 15) is 4.79 Å². The van der Waals surface area contributed by atoms with Crippen LogP contribution in [0.2, 0.25) is 0 Å². The molecule has 2 heteroatoms. The molecule has 0 bridgehead atoms. The minimum atomic E-state index is -0.471. The molecule has 0 fully saturated rings. The average Bonchev–Trinajstić information content (AvgIpc) is 2.32. The van der Waals surface area contributed by atoms with Crippen molar-refractivity contribution in [2.75, 3.05) is 0 Å². The summed E-state index contributed by atoms with van der Waals surface area (Å²) in [6, 6.07) is 9.46. The molecule has 1 aromatic rings. The third-order valence-electron chi connectivity index (χ3n) is 1.87. The quantitative estimate of drug-likeness (QED) is 0.698. The number of Topliss-reactive ketones (excluding diaryl/α,β-unsaturated/α-hetero) is 1. The summed E-state index contributed by atoms with van der Waals surface area (Å²) in [5, 5.41) is -0.471. The third-order valence-corrected chi connectivity index (χ3v) is 2.37. The van der Waals surface area contributed by atoms with Gasteiger partial charge in [0.25, 0.3) is 0 Å². The number of carbonyl (C=O) groups is 1. The molecule has 1 nitrogen and oxygen atoms in total. The summed E-state index contributed by atoms with van der Waals surface area (Å²) in [4.78, 5) is 11.4. The Morgan fingerprint density at radius 2 is 1.80 bits per heavy atom. The van der Waals surface area contributed by atoms with Gasteiger partial charge in [-0.25, -0.2) is 0 Å². The molecule has 0 aliphatic heterocycles. The molecule has 1 aromatic carbocycles. The van der Waals surface area contributed by atoms with Gasteiger partial charge in [-0.1, -0.05) is 51.1 Å². The van der Waals surface area contributed by atoms with E-state index in [2.05, 4.69) is 0 Å². The Labute approximate surface area is 97.5 Å². The van der Waals surface area contributed by atoms with Crippen LogP contribution in [0.15, 0.2) is 30.3 Å². The fourth-order valence-corrected chi connectivity index (χ4v) is 1.44. The molecule has 0 saturated heterocycles. The fraction of sp³-hybridized carbons (Fsp3) is 0.462. The van der Waals surface area contributed by atoms with Crippen molar-refractivity contribution in [3.05, 3.63) is 35.9 Å². The van der Waals surface area contributed by atoms with Crippen molar-refractivity contribution in [1.82, 2.24) is 0 Å². The van der Waals surface area contributed by atoms with Crippen LogP contribution in [-0.4, -0.2) is 5.78 Å². The van der Waals surface area contributed by atoms with Gasteiger partial charge in [0.2, 0.25) is 0 Å². The van der Waals surface area contributed by atoms with Gasteiger partial charge in [-0.2, -0.15) is 0 Å². The van der Waals surface area contributed by atoms with Gasteiger partial charge in [-0.05, 0) is 12.0 Å². The van der Waals surface area contributed by atoms with Gasteiger partial charge < -0.3 is 0 Å². The van der Waals surface area contributed by atoms with Crippen molar-refractivity contribution in [3.8, 4) is 0 Å². The predicted octanol–water partition coefficient (Wildman–Crippen LogP) is 4.36. The maximum Gasteiger partial charge on any atom is 0.155 e. The molecule has 0 N–H and O–H groups in total. The minimum absolute atomic E-state index is 0.107. The number of hydrogen-bond acceptors (Lipinski definition) is 1. The van der Waals surface area contributed by atoms with Crippen LogP contribution in [-0.2, 0) is 4.79 Å². The van der Waals surface area contributed by atoms with Gasteiger partial charge in [0.1, 0.15) is 5.38 Å². The maximum absolute atomic E-state index is 11.4. The number of carbonyl (C=O) groups excluding carboxylic acids is 1. The lowest BCUT2D eigenvalue weighted by atomic mass is 10.1. The van der Waals surface area contributed by atoms with E-state index in [4.69, 9.17) is 11.6 Å². The summed E-state index contributed by atoms with van der Waals surface area (Å²) in [7, 11) is 0. The van der Waals surface area contributed by atoms with Crippen LogP contribution in [0.25, 0.3) is 0 Å². The average molecular weight is 227 g/mol. The highest BCUT2D eigenvalue weighted by atomic mass is 35.5. The van der Waals surface area contributed by atoms with Crippen LogP contribution in [0, 0.1) is 0 Å². The van der Waals surface area contributed by atoms with Gasteiger partial charge in [-0.3, -0.25) is 4.79 Å². The maximum atomic E-state index is 11.4. The topological polar surface area (TPSA) is 17.1 Å². The molecule has 0 aliphatic carbocycles. The molecular formula is C13H19ClO. The Kier molecular flexibility index (Phi) is 8.02. The zero-order valence-corrected chi connectivity index (χ0v) is 10.4. The second-order valence-electron chi connectivity index (χ2n) is 2.99. The Bertz CT molecular complexity index is 269. The number of rotatable bonds is 4. The molecule has 0 radical (unpaired) electrons. The summed E-state index contributed by atoms with van der Waals surface area (Å²) in [5.74, 6) is 0.107. The second-order valence-corrected chi connectivity index (χ2v) is 3.43. The summed E-state index contributed by atoms with van der Waals surface area (Å²) < 4.78 is 0. The van der Waals surface area contributed by atoms with Crippen molar-refractivity contribution < 1.29 is 4.79 Å². The first-order valence-electron chi connectivity index (χ1n) is 5.47. The highest BCUT2D eigenvalue weighted by Crippen LogP contribution is 2.22. The standard InChI is InChI=1S/C11H13ClO.C2H6/c1-2-6-10(13)11(12)9-7-4-3-5-8-9;1-2/h3-5,7-8,11H,2,6H2,1H3;1-2H3. The van der Waals surface area contributed by atoms with E-state index in [1.54, 1.807) is 0 Å². The third kappa shape index (κ3) is 4.98. The van der Waals surface area contributed by atoms with Gasteiger partial charge in [0.05, 0.1) is 0 Å². The number of benzene rings is 1. The minimum Gasteiger partial charge on any atom is -0.298 e. The Balaban J connectivity index is 0.000000921. The second kappa shape index (κ2) is 8.49. The van der Waals surface area contributed by atoms with E-state index in [1.807, 2.05) is 51.1 Å². The normalized spacial score (nSPS) is 11.2. The van der Waals surface area contributed by atoms with Gasteiger partial charge in [-0.15, -0.1) is 11.6 Å². The first-order valence-corrected chi connectivity index (χ1v) is 5.91. The lowest BCUT2D eigenvalue weighted by Gasteiger charge is -2.07. The summed E-state index contributed by atoms with van der Waals surface area (Å²) in [6.45, 7) is 5.98. The molecule has 0 aliphatic rings. The molecule has 1 rings (SSSR count). The lowest BCUT2D eigenvalue weighted by molar-refractivity contribution is -0.118. The largest absolute Gasteiger partial charge is 0.298 e. The first kappa shape index (κ1) is 14.2. The summed E-state index contributed by atoms with van der Waals surface area (Å²) in [5.41, 5.74) is 0.891. The Hall–Kier alpha value is -0.820. The van der Waals surface area contributed by atoms with Crippen molar-refractivity contribution in [2.24, 2.45) is 0 Å². The van der Waals surface area contributed by atoms with Crippen molar-refractivity contribution in [3.63, 3.8) is 0 Å². The molecule has 0 saturated carbocycles. The molecule has 0 heterocycles.